The van der Waals surface area contributed by atoms with Gasteiger partial charge < -0.3 is 15.7 Å². The van der Waals surface area contributed by atoms with Crippen LogP contribution in [0.3, 0.4) is 0 Å². The zero-order valence-electron chi connectivity index (χ0n) is 12.7. The Hall–Kier alpha value is -1.59. The highest BCUT2D eigenvalue weighted by molar-refractivity contribution is 5.88. The summed E-state index contributed by atoms with van der Waals surface area (Å²) in [6.07, 6.45) is 1.80. The molecule has 3 N–H and O–H groups in total. The third-order valence-electron chi connectivity index (χ3n) is 3.12. The molecule has 116 valence electrons. The Kier molecular flexibility index (Phi) is 8.59. The van der Waals surface area contributed by atoms with E-state index >= 15 is 0 Å². The van der Waals surface area contributed by atoms with Crippen LogP contribution in [-0.4, -0.2) is 35.5 Å². The van der Waals surface area contributed by atoms with Crippen LogP contribution >= 0.6 is 0 Å². The molecule has 0 aromatic rings. The van der Waals surface area contributed by atoms with Crippen molar-refractivity contribution in [2.45, 2.75) is 53.0 Å². The maximum absolute atomic E-state index is 11.7. The Bertz CT molecular complexity index is 338. The molecule has 6 nitrogen and oxygen atoms in total. The monoisotopic (exact) mass is 286 g/mol. The van der Waals surface area contributed by atoms with Gasteiger partial charge in [-0.05, 0) is 25.2 Å². The average molecular weight is 286 g/mol. The number of hydrogen-bond acceptors (Lipinski definition) is 3. The van der Waals surface area contributed by atoms with Crippen LogP contribution in [0.5, 0.6) is 0 Å². The number of carboxylic acid groups (broad SMARTS) is 1. The van der Waals surface area contributed by atoms with Crippen molar-refractivity contribution in [3.8, 4) is 0 Å². The Morgan fingerprint density at radius 1 is 1.10 bits per heavy atom. The second-order valence-electron chi connectivity index (χ2n) is 5.32. The first kappa shape index (κ1) is 18.4. The third kappa shape index (κ3) is 7.11. The molecule has 1 atom stereocenters. The van der Waals surface area contributed by atoms with E-state index in [9.17, 15) is 14.4 Å². The fourth-order valence-corrected chi connectivity index (χ4v) is 1.91. The quantitative estimate of drug-likeness (QED) is 0.592. The van der Waals surface area contributed by atoms with Crippen LogP contribution in [0, 0.1) is 11.8 Å². The molecule has 0 aromatic heterocycles. The molecule has 0 unspecified atom stereocenters. The molecule has 0 saturated heterocycles. The van der Waals surface area contributed by atoms with Crippen LogP contribution < -0.4 is 10.6 Å². The van der Waals surface area contributed by atoms with Crippen molar-refractivity contribution in [3.05, 3.63) is 0 Å². The highest BCUT2D eigenvalue weighted by atomic mass is 16.4. The molecule has 20 heavy (non-hydrogen) atoms. The molecular formula is C14H26N2O4. The molecule has 0 rings (SSSR count). The summed E-state index contributed by atoms with van der Waals surface area (Å²) in [5.41, 5.74) is 0. The van der Waals surface area contributed by atoms with Crippen LogP contribution in [0.1, 0.15) is 47.0 Å². The SMILES string of the molecule is CCC(CC)C(=O)NCC(=O)N[C@@H](CC(C)C)C(=O)O. The fraction of sp³-hybridized carbons (Fsp3) is 0.786. The lowest BCUT2D eigenvalue weighted by Crippen LogP contribution is -2.46. The van der Waals surface area contributed by atoms with Gasteiger partial charge in [-0.3, -0.25) is 9.59 Å². The molecule has 0 aliphatic carbocycles. The molecule has 0 aliphatic heterocycles. The highest BCUT2D eigenvalue weighted by Crippen LogP contribution is 2.07. The van der Waals surface area contributed by atoms with E-state index in [2.05, 4.69) is 10.6 Å². The molecule has 0 radical (unpaired) electrons. The molecule has 2 amide bonds. The number of carbonyl (C=O) groups is 3. The highest BCUT2D eigenvalue weighted by Gasteiger charge is 2.21. The van der Waals surface area contributed by atoms with E-state index in [1.54, 1.807) is 0 Å². The van der Waals surface area contributed by atoms with Gasteiger partial charge in [0.15, 0.2) is 0 Å². The number of aliphatic carboxylic acids is 1. The molecule has 0 bridgehead atoms. The van der Waals surface area contributed by atoms with Gasteiger partial charge in [-0.2, -0.15) is 0 Å². The molecular weight excluding hydrogens is 260 g/mol. The standard InChI is InChI=1S/C14H26N2O4/c1-5-10(6-2)13(18)15-8-12(17)16-11(14(19)20)7-9(3)4/h9-11H,5-8H2,1-4H3,(H,15,18)(H,16,17)(H,19,20)/t11-/m0/s1. The predicted molar refractivity (Wildman–Crippen MR) is 76.1 cm³/mol. The van der Waals surface area contributed by atoms with E-state index in [-0.39, 0.29) is 24.3 Å². The molecule has 0 heterocycles. The summed E-state index contributed by atoms with van der Waals surface area (Å²) < 4.78 is 0. The van der Waals surface area contributed by atoms with Crippen molar-refractivity contribution < 1.29 is 19.5 Å². The van der Waals surface area contributed by atoms with Gasteiger partial charge >= 0.3 is 5.97 Å². The van der Waals surface area contributed by atoms with Gasteiger partial charge in [-0.15, -0.1) is 0 Å². The van der Waals surface area contributed by atoms with Gasteiger partial charge in [0, 0.05) is 5.92 Å². The number of amides is 2. The maximum Gasteiger partial charge on any atom is 0.326 e. The average Bonchev–Trinajstić information content (AvgIpc) is 2.36. The molecule has 0 fully saturated rings. The van der Waals surface area contributed by atoms with E-state index in [1.165, 1.54) is 0 Å². The summed E-state index contributed by atoms with van der Waals surface area (Å²) in [6.45, 7) is 7.42. The maximum atomic E-state index is 11.7. The molecule has 0 saturated carbocycles. The van der Waals surface area contributed by atoms with Crippen LogP contribution in [0.15, 0.2) is 0 Å². The van der Waals surface area contributed by atoms with E-state index in [1.807, 2.05) is 27.7 Å². The van der Waals surface area contributed by atoms with Crippen molar-refractivity contribution >= 4 is 17.8 Å². The summed E-state index contributed by atoms with van der Waals surface area (Å²) in [5, 5.41) is 14.0. The zero-order valence-corrected chi connectivity index (χ0v) is 12.7. The third-order valence-corrected chi connectivity index (χ3v) is 3.12. The van der Waals surface area contributed by atoms with Crippen molar-refractivity contribution in [2.75, 3.05) is 6.54 Å². The number of carboxylic acids is 1. The number of rotatable bonds is 9. The topological polar surface area (TPSA) is 95.5 Å². The Morgan fingerprint density at radius 3 is 2.05 bits per heavy atom. The molecule has 6 heteroatoms. The summed E-state index contributed by atoms with van der Waals surface area (Å²) in [7, 11) is 0. The second kappa shape index (κ2) is 9.34. The number of hydrogen-bond donors (Lipinski definition) is 3. The largest absolute Gasteiger partial charge is 0.480 e. The molecule has 0 aromatic carbocycles. The van der Waals surface area contributed by atoms with Crippen molar-refractivity contribution in [1.29, 1.82) is 0 Å². The van der Waals surface area contributed by atoms with E-state index < -0.39 is 17.9 Å². The van der Waals surface area contributed by atoms with Gasteiger partial charge in [0.25, 0.3) is 0 Å². The first-order valence-electron chi connectivity index (χ1n) is 7.11. The van der Waals surface area contributed by atoms with E-state index in [0.29, 0.717) is 6.42 Å². The lowest BCUT2D eigenvalue weighted by atomic mass is 10.0. The first-order chi connectivity index (χ1) is 9.31. The van der Waals surface area contributed by atoms with Gasteiger partial charge in [0.2, 0.25) is 11.8 Å². The van der Waals surface area contributed by atoms with Gasteiger partial charge in [0.05, 0.1) is 6.54 Å². The number of nitrogens with one attached hydrogen (secondary N) is 2. The number of carbonyl (C=O) groups excluding carboxylic acids is 2. The van der Waals surface area contributed by atoms with Gasteiger partial charge in [-0.1, -0.05) is 27.7 Å². The minimum atomic E-state index is -1.06. The Labute approximate surface area is 120 Å². The van der Waals surface area contributed by atoms with Crippen LogP contribution in [0.25, 0.3) is 0 Å². The molecule has 0 spiro atoms. The summed E-state index contributed by atoms with van der Waals surface area (Å²) in [4.78, 5) is 34.4. The van der Waals surface area contributed by atoms with Crippen LogP contribution in [0.4, 0.5) is 0 Å². The summed E-state index contributed by atoms with van der Waals surface area (Å²) in [6, 6.07) is -0.910. The van der Waals surface area contributed by atoms with Crippen LogP contribution in [0.2, 0.25) is 0 Å². The lowest BCUT2D eigenvalue weighted by Gasteiger charge is -2.17. The normalized spacial score (nSPS) is 12.3. The first-order valence-corrected chi connectivity index (χ1v) is 7.11. The lowest BCUT2D eigenvalue weighted by molar-refractivity contribution is -0.142. The molecule has 0 aliphatic rings. The fourth-order valence-electron chi connectivity index (χ4n) is 1.91. The van der Waals surface area contributed by atoms with Crippen molar-refractivity contribution in [3.63, 3.8) is 0 Å². The summed E-state index contributed by atoms with van der Waals surface area (Å²) in [5.74, 6) is -1.64. The van der Waals surface area contributed by atoms with E-state index in [0.717, 1.165) is 12.8 Å². The summed E-state index contributed by atoms with van der Waals surface area (Å²) >= 11 is 0. The zero-order chi connectivity index (χ0) is 15.7. The van der Waals surface area contributed by atoms with Gasteiger partial charge in [0.1, 0.15) is 6.04 Å². The van der Waals surface area contributed by atoms with E-state index in [4.69, 9.17) is 5.11 Å². The Morgan fingerprint density at radius 2 is 1.65 bits per heavy atom. The van der Waals surface area contributed by atoms with Gasteiger partial charge in [-0.25, -0.2) is 4.79 Å². The van der Waals surface area contributed by atoms with Crippen molar-refractivity contribution in [1.82, 2.24) is 10.6 Å². The second-order valence-corrected chi connectivity index (χ2v) is 5.32. The smallest absolute Gasteiger partial charge is 0.326 e. The minimum absolute atomic E-state index is 0.103. The van der Waals surface area contributed by atoms with Crippen LogP contribution in [-0.2, 0) is 14.4 Å². The predicted octanol–water partition coefficient (Wildman–Crippen LogP) is 1.15. The minimum Gasteiger partial charge on any atom is -0.480 e. The Balaban J connectivity index is 4.27. The van der Waals surface area contributed by atoms with Crippen molar-refractivity contribution in [2.24, 2.45) is 11.8 Å².